The lowest BCUT2D eigenvalue weighted by molar-refractivity contribution is -0.153. The molecule has 0 spiro atoms. The van der Waals surface area contributed by atoms with Crippen LogP contribution in [0.1, 0.15) is 33.1 Å². The maximum Gasteiger partial charge on any atom is 0.324 e. The molecular formula is C19H27ClN2O7S2. The summed E-state index contributed by atoms with van der Waals surface area (Å²) in [5, 5.41) is 0.368. The van der Waals surface area contributed by atoms with Crippen LogP contribution in [-0.2, 0) is 34.2 Å². The molecule has 174 valence electrons. The van der Waals surface area contributed by atoms with Crippen molar-refractivity contribution in [3.05, 3.63) is 29.3 Å². The van der Waals surface area contributed by atoms with E-state index in [0.717, 1.165) is 6.42 Å². The zero-order chi connectivity index (χ0) is 23.2. The first-order chi connectivity index (χ1) is 14.4. The fraction of sp³-hybridized carbons (Fsp3) is 0.579. The number of nitrogens with zero attached hydrogens (tertiary/aromatic N) is 1. The highest BCUT2D eigenvalue weighted by atomic mass is 35.5. The van der Waals surface area contributed by atoms with Gasteiger partial charge in [-0.1, -0.05) is 24.9 Å². The third-order valence-corrected chi connectivity index (χ3v) is 8.43. The number of sulfonamides is 1. The number of hydrogen-bond donors (Lipinski definition) is 1. The summed E-state index contributed by atoms with van der Waals surface area (Å²) in [6, 6.07) is 3.74. The van der Waals surface area contributed by atoms with E-state index in [1.807, 2.05) is 6.92 Å². The molecule has 1 aliphatic rings. The Hall–Kier alpha value is -1.69. The van der Waals surface area contributed by atoms with Crippen molar-refractivity contribution >= 4 is 43.3 Å². The number of amides is 1. The second kappa shape index (κ2) is 10.8. The molecule has 1 fully saturated rings. The van der Waals surface area contributed by atoms with Gasteiger partial charge in [0.1, 0.15) is 6.04 Å². The predicted molar refractivity (Wildman–Crippen MR) is 116 cm³/mol. The minimum Gasteiger partial charge on any atom is -0.454 e. The normalized spacial score (nSPS) is 19.0. The van der Waals surface area contributed by atoms with Gasteiger partial charge in [-0.15, -0.1) is 0 Å². The second-order valence-corrected chi connectivity index (χ2v) is 11.8. The predicted octanol–water partition coefficient (Wildman–Crippen LogP) is 1.37. The van der Waals surface area contributed by atoms with E-state index >= 15 is 0 Å². The van der Waals surface area contributed by atoms with E-state index in [4.69, 9.17) is 16.3 Å². The van der Waals surface area contributed by atoms with Crippen molar-refractivity contribution in [2.24, 2.45) is 0 Å². The Morgan fingerprint density at radius 3 is 2.48 bits per heavy atom. The largest absolute Gasteiger partial charge is 0.454 e. The summed E-state index contributed by atoms with van der Waals surface area (Å²) in [6.07, 6.45) is 1.85. The van der Waals surface area contributed by atoms with Gasteiger partial charge in [0.05, 0.1) is 16.4 Å². The molecule has 1 heterocycles. The molecule has 1 unspecified atom stereocenters. The molecule has 2 rings (SSSR count). The van der Waals surface area contributed by atoms with Crippen LogP contribution in [0.4, 0.5) is 0 Å². The van der Waals surface area contributed by atoms with Gasteiger partial charge in [-0.05, 0) is 44.0 Å². The Labute approximate surface area is 188 Å². The standard InChI is InChI=1S/C19H27ClN2O7S2/c1-3-4-10-22(16-9-11-30(25,26)13-16)18(23)12-29-19(24)14(2)21-31(27,28)17-7-5-15(20)6-8-17/h5-8,14,16,21H,3-4,9-13H2,1-2H3/t14-,16?/m0/s1. The number of rotatable bonds is 10. The smallest absolute Gasteiger partial charge is 0.324 e. The Morgan fingerprint density at radius 1 is 1.29 bits per heavy atom. The van der Waals surface area contributed by atoms with Crippen LogP contribution in [0.5, 0.6) is 0 Å². The summed E-state index contributed by atoms with van der Waals surface area (Å²) >= 11 is 5.75. The highest BCUT2D eigenvalue weighted by molar-refractivity contribution is 7.91. The van der Waals surface area contributed by atoms with Crippen molar-refractivity contribution in [3.8, 4) is 0 Å². The average Bonchev–Trinajstić information content (AvgIpc) is 3.05. The Bertz CT molecular complexity index is 995. The van der Waals surface area contributed by atoms with Gasteiger partial charge in [-0.2, -0.15) is 4.72 Å². The fourth-order valence-corrected chi connectivity index (χ4v) is 6.21. The van der Waals surface area contributed by atoms with E-state index < -0.39 is 50.4 Å². The number of ether oxygens (including phenoxy) is 1. The second-order valence-electron chi connectivity index (χ2n) is 7.40. The van der Waals surface area contributed by atoms with Gasteiger partial charge in [0.25, 0.3) is 5.91 Å². The summed E-state index contributed by atoms with van der Waals surface area (Å²) in [4.78, 5) is 26.2. The van der Waals surface area contributed by atoms with E-state index in [2.05, 4.69) is 4.72 Å². The zero-order valence-electron chi connectivity index (χ0n) is 17.4. The summed E-state index contributed by atoms with van der Waals surface area (Å²) in [7, 11) is -7.17. The fourth-order valence-electron chi connectivity index (χ4n) is 3.16. The lowest BCUT2D eigenvalue weighted by Gasteiger charge is -2.28. The zero-order valence-corrected chi connectivity index (χ0v) is 19.8. The molecule has 0 bridgehead atoms. The van der Waals surface area contributed by atoms with Crippen molar-refractivity contribution in [1.29, 1.82) is 0 Å². The van der Waals surface area contributed by atoms with Crippen molar-refractivity contribution in [3.63, 3.8) is 0 Å². The van der Waals surface area contributed by atoms with Crippen LogP contribution in [0.15, 0.2) is 29.2 Å². The number of carbonyl (C=O) groups excluding carboxylic acids is 2. The number of sulfone groups is 1. The van der Waals surface area contributed by atoms with E-state index in [9.17, 15) is 26.4 Å². The number of halogens is 1. The quantitative estimate of drug-likeness (QED) is 0.486. The van der Waals surface area contributed by atoms with Gasteiger partial charge in [-0.25, -0.2) is 16.8 Å². The van der Waals surface area contributed by atoms with E-state index in [0.29, 0.717) is 24.4 Å². The molecule has 1 amide bonds. The molecule has 1 aromatic carbocycles. The first-order valence-electron chi connectivity index (χ1n) is 9.89. The number of nitrogens with one attached hydrogen (secondary N) is 1. The minimum absolute atomic E-state index is 0.0247. The Balaban J connectivity index is 1.95. The van der Waals surface area contributed by atoms with Crippen LogP contribution in [0.3, 0.4) is 0 Å². The molecule has 12 heteroatoms. The molecule has 0 aromatic heterocycles. The number of esters is 1. The maximum absolute atomic E-state index is 12.6. The summed E-state index contributed by atoms with van der Waals surface area (Å²) in [5.74, 6) is -1.50. The topological polar surface area (TPSA) is 127 Å². The van der Waals surface area contributed by atoms with Crippen molar-refractivity contribution in [2.75, 3.05) is 24.7 Å². The first kappa shape index (κ1) is 25.6. The highest BCUT2D eigenvalue weighted by Gasteiger charge is 2.35. The van der Waals surface area contributed by atoms with E-state index in [-0.39, 0.29) is 16.4 Å². The van der Waals surface area contributed by atoms with Crippen molar-refractivity contribution in [1.82, 2.24) is 9.62 Å². The van der Waals surface area contributed by atoms with E-state index in [1.165, 1.54) is 36.1 Å². The summed E-state index contributed by atoms with van der Waals surface area (Å²) in [6.45, 7) is 3.03. The molecule has 0 radical (unpaired) electrons. The van der Waals surface area contributed by atoms with Gasteiger partial charge in [0, 0.05) is 17.6 Å². The molecule has 9 nitrogen and oxygen atoms in total. The molecule has 1 aromatic rings. The Morgan fingerprint density at radius 2 is 1.94 bits per heavy atom. The van der Waals surface area contributed by atoms with Gasteiger partial charge in [0.15, 0.2) is 16.4 Å². The van der Waals surface area contributed by atoms with Gasteiger partial charge in [-0.3, -0.25) is 9.59 Å². The number of carbonyl (C=O) groups is 2. The molecule has 31 heavy (non-hydrogen) atoms. The average molecular weight is 495 g/mol. The third-order valence-electron chi connectivity index (χ3n) is 4.87. The van der Waals surface area contributed by atoms with Gasteiger partial charge < -0.3 is 9.64 Å². The van der Waals surface area contributed by atoms with Crippen LogP contribution >= 0.6 is 11.6 Å². The SMILES string of the molecule is CCCCN(C(=O)COC(=O)[C@H](C)NS(=O)(=O)c1ccc(Cl)cc1)C1CCS(=O)(=O)C1. The van der Waals surface area contributed by atoms with Gasteiger partial charge in [0.2, 0.25) is 10.0 Å². The number of unbranched alkanes of at least 4 members (excludes halogenated alkanes) is 1. The monoisotopic (exact) mass is 494 g/mol. The molecule has 1 aliphatic heterocycles. The first-order valence-corrected chi connectivity index (χ1v) is 13.6. The number of hydrogen-bond acceptors (Lipinski definition) is 7. The molecular weight excluding hydrogens is 468 g/mol. The van der Waals surface area contributed by atoms with Gasteiger partial charge >= 0.3 is 5.97 Å². The van der Waals surface area contributed by atoms with Crippen molar-refractivity contribution < 1.29 is 31.2 Å². The van der Waals surface area contributed by atoms with Crippen molar-refractivity contribution in [2.45, 2.75) is 50.1 Å². The number of benzene rings is 1. The summed E-state index contributed by atoms with van der Waals surface area (Å²) in [5.41, 5.74) is 0. The molecule has 1 saturated heterocycles. The molecule has 0 aliphatic carbocycles. The van der Waals surface area contributed by atoms with Crippen LogP contribution in [0.25, 0.3) is 0 Å². The minimum atomic E-state index is -3.99. The molecule has 0 saturated carbocycles. The lowest BCUT2D eigenvalue weighted by Crippen LogP contribution is -2.45. The molecule has 2 atom stereocenters. The lowest BCUT2D eigenvalue weighted by atomic mass is 10.2. The van der Waals surface area contributed by atoms with Crippen LogP contribution in [0, 0.1) is 0 Å². The van der Waals surface area contributed by atoms with Crippen LogP contribution in [0.2, 0.25) is 5.02 Å². The molecule has 1 N–H and O–H groups in total. The Kier molecular flexibility index (Phi) is 8.87. The van der Waals surface area contributed by atoms with Crippen LogP contribution in [-0.4, -0.2) is 70.4 Å². The maximum atomic E-state index is 12.6. The summed E-state index contributed by atoms with van der Waals surface area (Å²) < 4.78 is 55.5. The van der Waals surface area contributed by atoms with Crippen LogP contribution < -0.4 is 4.72 Å². The van der Waals surface area contributed by atoms with E-state index in [1.54, 1.807) is 0 Å². The highest BCUT2D eigenvalue weighted by Crippen LogP contribution is 2.19. The third kappa shape index (κ3) is 7.44.